The first-order valence-corrected chi connectivity index (χ1v) is 8.22. The second-order valence-electron chi connectivity index (χ2n) is 6.47. The number of piperidine rings is 2. The van der Waals surface area contributed by atoms with Gasteiger partial charge in [0.2, 0.25) is 0 Å². The summed E-state index contributed by atoms with van der Waals surface area (Å²) in [6.45, 7) is 5.03. The van der Waals surface area contributed by atoms with Crippen LogP contribution in [0.3, 0.4) is 0 Å². The summed E-state index contributed by atoms with van der Waals surface area (Å²) in [5.74, 6) is 0.347. The van der Waals surface area contributed by atoms with Gasteiger partial charge in [-0.25, -0.2) is 4.79 Å². The zero-order valence-corrected chi connectivity index (χ0v) is 12.9. The van der Waals surface area contributed by atoms with Gasteiger partial charge in [0.1, 0.15) is 0 Å². The number of rotatable bonds is 3. The second kappa shape index (κ2) is 6.61. The number of ether oxygens (including phenoxy) is 1. The quantitative estimate of drug-likeness (QED) is 0.798. The van der Waals surface area contributed by atoms with E-state index in [0.717, 1.165) is 5.56 Å². The molecular formula is C18H25NO2. The maximum absolute atomic E-state index is 12.2. The number of aryl methyl sites for hydroxylation is 1. The SMILES string of the molecule is Cc1cccc(C(=O)OC[C@@H]2CCCN3CCCC[C@@H]23)c1. The Bertz CT molecular complexity index is 498. The molecule has 0 radical (unpaired) electrons. The van der Waals surface area contributed by atoms with Crippen LogP contribution >= 0.6 is 0 Å². The van der Waals surface area contributed by atoms with Gasteiger partial charge in [-0.1, -0.05) is 24.1 Å². The van der Waals surface area contributed by atoms with E-state index in [0.29, 0.717) is 24.1 Å². The highest BCUT2D eigenvalue weighted by molar-refractivity contribution is 5.89. The molecule has 0 aromatic heterocycles. The predicted molar refractivity (Wildman–Crippen MR) is 83.4 cm³/mol. The minimum absolute atomic E-state index is 0.174. The largest absolute Gasteiger partial charge is 0.462 e. The molecule has 0 unspecified atom stereocenters. The number of benzene rings is 1. The van der Waals surface area contributed by atoms with Crippen LogP contribution in [-0.2, 0) is 4.74 Å². The molecule has 3 heteroatoms. The molecule has 2 aliphatic rings. The Hall–Kier alpha value is -1.35. The number of carbonyl (C=O) groups is 1. The van der Waals surface area contributed by atoms with E-state index in [1.54, 1.807) is 0 Å². The van der Waals surface area contributed by atoms with Crippen molar-refractivity contribution < 1.29 is 9.53 Å². The zero-order chi connectivity index (χ0) is 14.7. The number of carbonyl (C=O) groups excluding carboxylic acids is 1. The van der Waals surface area contributed by atoms with Crippen molar-refractivity contribution in [2.75, 3.05) is 19.7 Å². The summed E-state index contributed by atoms with van der Waals surface area (Å²) in [6.07, 6.45) is 6.36. The van der Waals surface area contributed by atoms with Crippen molar-refractivity contribution >= 4 is 5.97 Å². The molecule has 0 bridgehead atoms. The first-order chi connectivity index (χ1) is 10.2. The van der Waals surface area contributed by atoms with Gasteiger partial charge in [0, 0.05) is 12.0 Å². The summed E-state index contributed by atoms with van der Waals surface area (Å²) in [5, 5.41) is 0. The third kappa shape index (κ3) is 3.46. The Kier molecular flexibility index (Phi) is 4.59. The van der Waals surface area contributed by atoms with Crippen LogP contribution in [0.15, 0.2) is 24.3 Å². The van der Waals surface area contributed by atoms with E-state index in [1.165, 1.54) is 45.2 Å². The van der Waals surface area contributed by atoms with Gasteiger partial charge in [-0.2, -0.15) is 0 Å². The fourth-order valence-electron chi connectivity index (χ4n) is 3.81. The van der Waals surface area contributed by atoms with Crippen LogP contribution in [0.4, 0.5) is 0 Å². The van der Waals surface area contributed by atoms with Gasteiger partial charge in [-0.3, -0.25) is 4.90 Å². The molecule has 2 heterocycles. The molecular weight excluding hydrogens is 262 g/mol. The summed E-state index contributed by atoms with van der Waals surface area (Å²) in [7, 11) is 0. The number of fused-ring (bicyclic) bond motifs is 1. The molecule has 3 rings (SSSR count). The normalized spacial score (nSPS) is 26.1. The average Bonchev–Trinajstić information content (AvgIpc) is 2.52. The third-order valence-corrected chi connectivity index (χ3v) is 4.91. The van der Waals surface area contributed by atoms with E-state index < -0.39 is 0 Å². The van der Waals surface area contributed by atoms with Gasteiger partial charge in [0.15, 0.2) is 0 Å². The minimum atomic E-state index is -0.174. The average molecular weight is 287 g/mol. The van der Waals surface area contributed by atoms with Crippen molar-refractivity contribution in [2.45, 2.75) is 45.1 Å². The highest BCUT2D eigenvalue weighted by Gasteiger charge is 2.33. The highest BCUT2D eigenvalue weighted by Crippen LogP contribution is 2.31. The molecule has 0 N–H and O–H groups in total. The van der Waals surface area contributed by atoms with Gasteiger partial charge in [0.25, 0.3) is 0 Å². The van der Waals surface area contributed by atoms with Crippen molar-refractivity contribution in [2.24, 2.45) is 5.92 Å². The fourth-order valence-corrected chi connectivity index (χ4v) is 3.81. The molecule has 0 saturated carbocycles. The van der Waals surface area contributed by atoms with Crippen molar-refractivity contribution in [3.63, 3.8) is 0 Å². The van der Waals surface area contributed by atoms with E-state index in [1.807, 2.05) is 31.2 Å². The Labute approximate surface area is 127 Å². The van der Waals surface area contributed by atoms with Gasteiger partial charge in [0.05, 0.1) is 12.2 Å². The maximum Gasteiger partial charge on any atom is 0.338 e. The summed E-state index contributed by atoms with van der Waals surface area (Å²) in [5.41, 5.74) is 1.77. The summed E-state index contributed by atoms with van der Waals surface area (Å²) >= 11 is 0. The number of hydrogen-bond donors (Lipinski definition) is 0. The third-order valence-electron chi connectivity index (χ3n) is 4.91. The second-order valence-corrected chi connectivity index (χ2v) is 6.47. The topological polar surface area (TPSA) is 29.5 Å². The van der Waals surface area contributed by atoms with Crippen LogP contribution in [0.5, 0.6) is 0 Å². The molecule has 3 nitrogen and oxygen atoms in total. The molecule has 1 aromatic rings. The van der Waals surface area contributed by atoms with Crippen LogP contribution in [0.1, 0.15) is 48.0 Å². The molecule has 0 amide bonds. The Morgan fingerprint density at radius 1 is 1.24 bits per heavy atom. The van der Waals surface area contributed by atoms with Gasteiger partial charge < -0.3 is 4.74 Å². The van der Waals surface area contributed by atoms with Crippen LogP contribution in [-0.4, -0.2) is 36.6 Å². The van der Waals surface area contributed by atoms with E-state index in [2.05, 4.69) is 4.90 Å². The number of nitrogens with zero attached hydrogens (tertiary/aromatic N) is 1. The lowest BCUT2D eigenvalue weighted by atomic mass is 9.84. The van der Waals surface area contributed by atoms with Crippen molar-refractivity contribution in [3.8, 4) is 0 Å². The smallest absolute Gasteiger partial charge is 0.338 e. The lowest BCUT2D eigenvalue weighted by Crippen LogP contribution is -2.49. The van der Waals surface area contributed by atoms with E-state index in [4.69, 9.17) is 4.74 Å². The van der Waals surface area contributed by atoms with Crippen molar-refractivity contribution in [1.29, 1.82) is 0 Å². The first-order valence-electron chi connectivity index (χ1n) is 8.22. The molecule has 2 atom stereocenters. The number of hydrogen-bond acceptors (Lipinski definition) is 3. The lowest BCUT2D eigenvalue weighted by Gasteiger charge is -2.44. The monoisotopic (exact) mass is 287 g/mol. The van der Waals surface area contributed by atoms with Crippen molar-refractivity contribution in [1.82, 2.24) is 4.90 Å². The lowest BCUT2D eigenvalue weighted by molar-refractivity contribution is 0.00738. The van der Waals surface area contributed by atoms with Crippen LogP contribution in [0.2, 0.25) is 0 Å². The molecule has 1 aromatic carbocycles. The van der Waals surface area contributed by atoms with Gasteiger partial charge in [-0.15, -0.1) is 0 Å². The molecule has 21 heavy (non-hydrogen) atoms. The summed E-state index contributed by atoms with van der Waals surface area (Å²) < 4.78 is 5.61. The van der Waals surface area contributed by atoms with E-state index in [9.17, 15) is 4.79 Å². The van der Waals surface area contributed by atoms with Crippen LogP contribution in [0.25, 0.3) is 0 Å². The standard InChI is InChI=1S/C18H25NO2/c1-14-6-4-7-15(12-14)18(20)21-13-16-8-5-11-19-10-3-2-9-17(16)19/h4,6-7,12,16-17H,2-3,5,8-11,13H2,1H3/t16-,17-/m0/s1. The van der Waals surface area contributed by atoms with E-state index in [-0.39, 0.29) is 5.97 Å². The summed E-state index contributed by atoms with van der Waals surface area (Å²) in [4.78, 5) is 14.8. The Morgan fingerprint density at radius 2 is 2.10 bits per heavy atom. The fraction of sp³-hybridized carbons (Fsp3) is 0.611. The molecule has 0 aliphatic carbocycles. The van der Waals surface area contributed by atoms with Crippen LogP contribution < -0.4 is 0 Å². The highest BCUT2D eigenvalue weighted by atomic mass is 16.5. The number of esters is 1. The van der Waals surface area contributed by atoms with Crippen molar-refractivity contribution in [3.05, 3.63) is 35.4 Å². The van der Waals surface area contributed by atoms with Crippen LogP contribution in [0, 0.1) is 12.8 Å². The Morgan fingerprint density at radius 3 is 2.95 bits per heavy atom. The maximum atomic E-state index is 12.2. The minimum Gasteiger partial charge on any atom is -0.462 e. The Balaban J connectivity index is 1.57. The molecule has 114 valence electrons. The zero-order valence-electron chi connectivity index (χ0n) is 12.9. The molecule has 0 spiro atoms. The molecule has 2 fully saturated rings. The van der Waals surface area contributed by atoms with Gasteiger partial charge >= 0.3 is 5.97 Å². The van der Waals surface area contributed by atoms with E-state index >= 15 is 0 Å². The summed E-state index contributed by atoms with van der Waals surface area (Å²) in [6, 6.07) is 8.28. The first kappa shape index (κ1) is 14.6. The molecule has 2 aliphatic heterocycles. The van der Waals surface area contributed by atoms with Gasteiger partial charge in [-0.05, 0) is 57.8 Å². The molecule has 2 saturated heterocycles. The predicted octanol–water partition coefficient (Wildman–Crippen LogP) is 3.42.